The predicted molar refractivity (Wildman–Crippen MR) is 43.4 cm³/mol. The molecule has 0 N–H and O–H groups in total. The van der Waals surface area contributed by atoms with Crippen LogP contribution in [0, 0.1) is 0 Å². The van der Waals surface area contributed by atoms with Crippen molar-refractivity contribution >= 4 is 8.69 Å². The summed E-state index contributed by atoms with van der Waals surface area (Å²) < 4.78 is 19.5. The maximum absolute atomic E-state index is 9.90. The molecule has 0 saturated heterocycles. The lowest BCUT2D eigenvalue weighted by Gasteiger charge is -2.01. The Hall–Kier alpha value is -0.790. The second-order valence-electron chi connectivity index (χ2n) is 1.84. The summed E-state index contributed by atoms with van der Waals surface area (Å²) in [5.41, 5.74) is 0. The molecule has 4 heteroatoms. The van der Waals surface area contributed by atoms with Crippen LogP contribution in [0.2, 0.25) is 0 Å². The van der Waals surface area contributed by atoms with E-state index in [-0.39, 0.29) is 6.79 Å². The Bertz CT molecular complexity index is 212. The molecule has 11 heavy (non-hydrogen) atoms. The highest BCUT2D eigenvalue weighted by molar-refractivity contribution is 7.17. The average molecular weight is 172 g/mol. The van der Waals surface area contributed by atoms with Gasteiger partial charge in [-0.1, -0.05) is 18.2 Å². The van der Waals surface area contributed by atoms with Crippen molar-refractivity contribution in [2.75, 3.05) is 6.79 Å². The molecule has 0 spiro atoms. The lowest BCUT2D eigenvalue weighted by Crippen LogP contribution is -1.95. The topological polar surface area (TPSA) is 35.5 Å². The monoisotopic (exact) mass is 172 g/mol. The Labute approximate surface area is 66.2 Å². The summed E-state index contributed by atoms with van der Waals surface area (Å²) in [6.07, 6.45) is 0. The molecule has 0 fully saturated rings. The van der Waals surface area contributed by atoms with Crippen LogP contribution < -0.4 is 4.74 Å². The smallest absolute Gasteiger partial charge is 0.195 e. The first kappa shape index (κ1) is 8.31. The molecule has 60 valence electrons. The van der Waals surface area contributed by atoms with Crippen molar-refractivity contribution in [3.05, 3.63) is 30.3 Å². The summed E-state index contributed by atoms with van der Waals surface area (Å²) in [4.78, 5) is 0. The Morgan fingerprint density at radius 1 is 1.27 bits per heavy atom. The van der Waals surface area contributed by atoms with E-state index in [9.17, 15) is 4.57 Å². The summed E-state index contributed by atoms with van der Waals surface area (Å²) >= 11 is 0. The zero-order valence-corrected chi connectivity index (χ0v) is 7.05. The number of hydrogen-bond acceptors (Lipinski definition) is 3. The maximum Gasteiger partial charge on any atom is 0.195 e. The minimum Gasteiger partial charge on any atom is -0.467 e. The summed E-state index contributed by atoms with van der Waals surface area (Å²) in [6, 6.07) is 9.23. The molecule has 0 bridgehead atoms. The molecule has 0 amide bonds. The second kappa shape index (κ2) is 4.94. The maximum atomic E-state index is 9.90. The summed E-state index contributed by atoms with van der Waals surface area (Å²) in [7, 11) is -1.17. The molecule has 0 aliphatic heterocycles. The summed E-state index contributed by atoms with van der Waals surface area (Å²) in [6.45, 7) is 0.0584. The molecule has 0 aliphatic carbocycles. The van der Waals surface area contributed by atoms with Crippen LogP contribution in [-0.4, -0.2) is 6.79 Å². The van der Waals surface area contributed by atoms with Gasteiger partial charge in [-0.25, -0.2) is 0 Å². The Kier molecular flexibility index (Phi) is 3.73. The highest BCUT2D eigenvalue weighted by Crippen LogP contribution is 2.08. The summed E-state index contributed by atoms with van der Waals surface area (Å²) in [5, 5.41) is 0. The molecule has 1 aromatic carbocycles. The van der Waals surface area contributed by atoms with Gasteiger partial charge in [0, 0.05) is 0 Å². The van der Waals surface area contributed by atoms with Crippen LogP contribution in [0.4, 0.5) is 0 Å². The van der Waals surface area contributed by atoms with Crippen molar-refractivity contribution in [3.63, 3.8) is 0 Å². The molecular weight excluding hydrogens is 163 g/mol. The third-order valence-electron chi connectivity index (χ3n) is 1.10. The van der Waals surface area contributed by atoms with E-state index in [1.54, 1.807) is 0 Å². The molecule has 1 rings (SSSR count). The number of para-hydroxylation sites is 1. The first-order valence-corrected chi connectivity index (χ1v) is 4.11. The average Bonchev–Trinajstić information content (AvgIpc) is 2.07. The molecule has 1 unspecified atom stereocenters. The van der Waals surface area contributed by atoms with Gasteiger partial charge in [0.15, 0.2) is 15.5 Å². The predicted octanol–water partition coefficient (Wildman–Crippen LogP) is 1.71. The zero-order chi connectivity index (χ0) is 7.94. The van der Waals surface area contributed by atoms with Crippen molar-refractivity contribution in [3.8, 4) is 5.75 Å². The van der Waals surface area contributed by atoms with E-state index in [1.807, 2.05) is 30.3 Å². The van der Waals surface area contributed by atoms with E-state index in [1.165, 1.54) is 0 Å². The molecule has 1 aromatic rings. The first-order valence-electron chi connectivity index (χ1n) is 3.16. The fourth-order valence-corrected chi connectivity index (χ4v) is 0.770. The number of benzene rings is 1. The minimum atomic E-state index is -1.17. The fraction of sp³-hybridized carbons (Fsp3) is 0.143. The van der Waals surface area contributed by atoms with Crippen LogP contribution in [0.5, 0.6) is 5.75 Å². The van der Waals surface area contributed by atoms with Crippen LogP contribution in [0.25, 0.3) is 0 Å². The molecule has 0 saturated carbocycles. The van der Waals surface area contributed by atoms with Crippen molar-refractivity contribution in [2.45, 2.75) is 0 Å². The van der Waals surface area contributed by atoms with Gasteiger partial charge in [0.25, 0.3) is 0 Å². The van der Waals surface area contributed by atoms with Gasteiger partial charge in [0.2, 0.25) is 0 Å². The lowest BCUT2D eigenvalue weighted by atomic mass is 10.3. The third-order valence-corrected chi connectivity index (χ3v) is 1.38. The Morgan fingerprint density at radius 3 is 2.64 bits per heavy atom. The SMILES string of the molecule is O=[PH2]OCOc1ccccc1. The van der Waals surface area contributed by atoms with E-state index >= 15 is 0 Å². The normalized spacial score (nSPS) is 10.5. The first-order chi connectivity index (χ1) is 5.43. The van der Waals surface area contributed by atoms with Crippen LogP contribution in [0.15, 0.2) is 30.3 Å². The minimum absolute atomic E-state index is 0.0584. The van der Waals surface area contributed by atoms with Gasteiger partial charge < -0.3 is 4.74 Å². The number of rotatable bonds is 4. The van der Waals surface area contributed by atoms with Crippen LogP contribution >= 0.6 is 8.69 Å². The number of hydrogen-bond donors (Lipinski definition) is 0. The van der Waals surface area contributed by atoms with Crippen LogP contribution in [0.1, 0.15) is 0 Å². The molecule has 0 heterocycles. The van der Waals surface area contributed by atoms with Gasteiger partial charge in [-0.2, -0.15) is 0 Å². The van der Waals surface area contributed by atoms with Gasteiger partial charge in [0.05, 0.1) is 0 Å². The highest BCUT2D eigenvalue weighted by Gasteiger charge is 1.87. The number of ether oxygens (including phenoxy) is 1. The molecule has 0 aliphatic rings. The Balaban J connectivity index is 2.33. The molecule has 0 radical (unpaired) electrons. The van der Waals surface area contributed by atoms with Gasteiger partial charge in [-0.05, 0) is 12.1 Å². The van der Waals surface area contributed by atoms with E-state index in [0.29, 0.717) is 0 Å². The molecular formula is C7H9O3P. The van der Waals surface area contributed by atoms with Crippen molar-refractivity contribution < 1.29 is 13.8 Å². The second-order valence-corrected chi connectivity index (χ2v) is 2.36. The molecule has 1 atom stereocenters. The lowest BCUT2D eigenvalue weighted by molar-refractivity contribution is 0.133. The van der Waals surface area contributed by atoms with Crippen LogP contribution in [0.3, 0.4) is 0 Å². The van der Waals surface area contributed by atoms with E-state index in [4.69, 9.17) is 4.74 Å². The molecule has 3 nitrogen and oxygen atoms in total. The van der Waals surface area contributed by atoms with Crippen LogP contribution in [-0.2, 0) is 9.09 Å². The van der Waals surface area contributed by atoms with E-state index in [2.05, 4.69) is 4.52 Å². The molecule has 0 aromatic heterocycles. The quantitative estimate of drug-likeness (QED) is 0.394. The largest absolute Gasteiger partial charge is 0.467 e. The van der Waals surface area contributed by atoms with Gasteiger partial charge in [-0.3, -0.25) is 9.09 Å². The standard InChI is InChI=1S/C7H9O3P/c8-11-10-6-9-7-4-2-1-3-5-7/h1-5H,6,11H2. The Morgan fingerprint density at radius 2 is 2.00 bits per heavy atom. The van der Waals surface area contributed by atoms with E-state index < -0.39 is 8.69 Å². The van der Waals surface area contributed by atoms with E-state index in [0.717, 1.165) is 5.75 Å². The highest BCUT2D eigenvalue weighted by atomic mass is 31.1. The van der Waals surface area contributed by atoms with Crippen molar-refractivity contribution in [1.29, 1.82) is 0 Å². The van der Waals surface area contributed by atoms with Crippen molar-refractivity contribution in [2.24, 2.45) is 0 Å². The fourth-order valence-electron chi connectivity index (χ4n) is 0.647. The third kappa shape index (κ3) is 3.21. The van der Waals surface area contributed by atoms with Crippen molar-refractivity contribution in [1.82, 2.24) is 0 Å². The van der Waals surface area contributed by atoms with Gasteiger partial charge in [0.1, 0.15) is 5.75 Å². The van der Waals surface area contributed by atoms with Gasteiger partial charge >= 0.3 is 0 Å². The summed E-state index contributed by atoms with van der Waals surface area (Å²) in [5.74, 6) is 0.723. The van der Waals surface area contributed by atoms with Gasteiger partial charge in [-0.15, -0.1) is 0 Å². The zero-order valence-electron chi connectivity index (χ0n) is 5.90.